The zero-order valence-corrected chi connectivity index (χ0v) is 22.2. The first kappa shape index (κ1) is 29.8. The third-order valence-electron chi connectivity index (χ3n) is 6.15. The second-order valence-corrected chi connectivity index (χ2v) is 12.3. The first-order valence-corrected chi connectivity index (χ1v) is 11.9. The van der Waals surface area contributed by atoms with Gasteiger partial charge in [0.15, 0.2) is 0 Å². The predicted molar refractivity (Wildman–Crippen MR) is 129 cm³/mol. The summed E-state index contributed by atoms with van der Waals surface area (Å²) in [5, 5.41) is 11.8. The van der Waals surface area contributed by atoms with Crippen molar-refractivity contribution in [3.05, 3.63) is 0 Å². The Hall–Kier alpha value is -2.25. The van der Waals surface area contributed by atoms with Gasteiger partial charge in [0.05, 0.1) is 25.2 Å². The van der Waals surface area contributed by atoms with Crippen LogP contribution in [0.2, 0.25) is 0 Å². The molecule has 2 fully saturated rings. The van der Waals surface area contributed by atoms with Crippen LogP contribution in [0.5, 0.6) is 0 Å². The van der Waals surface area contributed by atoms with Crippen LogP contribution in [0, 0.1) is 22.7 Å². The topological polar surface area (TPSA) is 125 Å². The Labute approximate surface area is 203 Å². The van der Waals surface area contributed by atoms with E-state index in [4.69, 9.17) is 9.84 Å². The molecule has 2 N–H and O–H groups in total. The van der Waals surface area contributed by atoms with Crippen LogP contribution in [0.3, 0.4) is 0 Å². The van der Waals surface area contributed by atoms with Crippen LogP contribution in [-0.4, -0.2) is 64.8 Å². The van der Waals surface area contributed by atoms with Gasteiger partial charge in [-0.25, -0.2) is 14.6 Å². The first-order chi connectivity index (χ1) is 15.4. The van der Waals surface area contributed by atoms with E-state index in [2.05, 4.69) is 10.3 Å². The molecule has 1 heterocycles. The number of alkyl carbamates (subject to hydrolysis) is 1. The number of likely N-dealkylation sites (tertiary alicyclic amines) is 1. The lowest BCUT2D eigenvalue weighted by Crippen LogP contribution is -2.50. The zero-order chi connectivity index (χ0) is 26.5. The number of ether oxygens (including phenoxy) is 1. The normalized spacial score (nSPS) is 22.2. The lowest BCUT2D eigenvalue weighted by Gasteiger charge is -2.35. The summed E-state index contributed by atoms with van der Waals surface area (Å²) in [6, 6.07) is -0.692. The van der Waals surface area contributed by atoms with Crippen molar-refractivity contribution in [3.63, 3.8) is 0 Å². The van der Waals surface area contributed by atoms with Crippen molar-refractivity contribution < 1.29 is 29.0 Å². The number of imide groups is 1. The summed E-state index contributed by atoms with van der Waals surface area (Å²) in [5.74, 6) is -0.199. The van der Waals surface area contributed by atoms with E-state index in [9.17, 15) is 19.2 Å². The van der Waals surface area contributed by atoms with Crippen LogP contribution in [0.15, 0.2) is 4.99 Å². The smallest absolute Gasteiger partial charge is 0.407 e. The Morgan fingerprint density at radius 2 is 1.56 bits per heavy atom. The highest BCUT2D eigenvalue weighted by Crippen LogP contribution is 2.38. The molecule has 0 aromatic carbocycles. The molecule has 1 aliphatic carbocycles. The van der Waals surface area contributed by atoms with Crippen molar-refractivity contribution in [2.45, 2.75) is 99.3 Å². The fourth-order valence-electron chi connectivity index (χ4n) is 3.89. The van der Waals surface area contributed by atoms with Gasteiger partial charge in [0.2, 0.25) is 17.9 Å². The lowest BCUT2D eigenvalue weighted by atomic mass is 9.86. The molecule has 0 radical (unpaired) electrons. The van der Waals surface area contributed by atoms with E-state index in [-0.39, 0.29) is 53.7 Å². The largest absolute Gasteiger partial charge is 0.444 e. The summed E-state index contributed by atoms with van der Waals surface area (Å²) in [5.41, 5.74) is -0.984. The van der Waals surface area contributed by atoms with Gasteiger partial charge < -0.3 is 15.2 Å². The number of aliphatic hydroxyl groups excluding tert-OH is 1. The molecule has 2 unspecified atom stereocenters. The van der Waals surface area contributed by atoms with Gasteiger partial charge in [-0.2, -0.15) is 0 Å². The minimum atomic E-state index is -0.512. The number of piperidine rings is 1. The highest BCUT2D eigenvalue weighted by Gasteiger charge is 2.46. The van der Waals surface area contributed by atoms with Gasteiger partial charge in [0, 0.05) is 11.8 Å². The number of aliphatic imine (C=N–C) groups is 1. The molecule has 9 heteroatoms. The molecule has 2 rings (SSSR count). The second kappa shape index (κ2) is 11.5. The summed E-state index contributed by atoms with van der Waals surface area (Å²) < 4.78 is 5.10. The average Bonchev–Trinajstić information content (AvgIpc) is 3.12. The number of aliphatic hydroxyl groups is 1. The van der Waals surface area contributed by atoms with Gasteiger partial charge in [-0.1, -0.05) is 41.5 Å². The second-order valence-electron chi connectivity index (χ2n) is 12.3. The van der Waals surface area contributed by atoms with Gasteiger partial charge in [-0.3, -0.25) is 14.5 Å². The van der Waals surface area contributed by atoms with E-state index in [0.717, 1.165) is 12.8 Å². The number of amides is 3. The number of carbonyl (C=O) groups is 3. The van der Waals surface area contributed by atoms with Gasteiger partial charge in [-0.05, 0) is 50.9 Å². The van der Waals surface area contributed by atoms with E-state index in [1.807, 2.05) is 41.5 Å². The standard InChI is InChI=1S/C14H20N2O3.C11H23NO3/c1-14(2,3)11(15-8-17)7-16-12(18)9-4-5-10(6-9)13(16)19;1-10(2,3)8(7-13)12-9(14)15-11(4,5)6/h9-11H,4-7H2,1-3H3;8,13H,7H2,1-6H3,(H,12,14)/t9?,10?,11-;8-/m11/s1. The average molecular weight is 482 g/mol. The maximum absolute atomic E-state index is 12.2. The Morgan fingerprint density at radius 1 is 1.06 bits per heavy atom. The molecule has 1 aliphatic heterocycles. The van der Waals surface area contributed by atoms with Gasteiger partial charge in [-0.15, -0.1) is 0 Å². The van der Waals surface area contributed by atoms with Gasteiger partial charge in [0.1, 0.15) is 5.60 Å². The van der Waals surface area contributed by atoms with Gasteiger partial charge in [0.25, 0.3) is 0 Å². The molecule has 34 heavy (non-hydrogen) atoms. The maximum atomic E-state index is 12.2. The van der Waals surface area contributed by atoms with Crippen molar-refractivity contribution in [2.75, 3.05) is 13.2 Å². The van der Waals surface area contributed by atoms with Crippen molar-refractivity contribution >= 4 is 24.0 Å². The number of hydrogen-bond acceptors (Lipinski definition) is 7. The molecule has 9 nitrogen and oxygen atoms in total. The monoisotopic (exact) mass is 481 g/mol. The molecule has 2 aliphatic rings. The van der Waals surface area contributed by atoms with Crippen LogP contribution < -0.4 is 5.32 Å². The molecular formula is C25H43N3O6. The summed E-state index contributed by atoms with van der Waals surface area (Å²) in [6.07, 6.45) is 3.38. The van der Waals surface area contributed by atoms with E-state index in [1.54, 1.807) is 26.9 Å². The lowest BCUT2D eigenvalue weighted by molar-refractivity contribution is -0.153. The van der Waals surface area contributed by atoms with Crippen LogP contribution in [0.4, 0.5) is 4.79 Å². The summed E-state index contributed by atoms with van der Waals surface area (Å²) in [6.45, 7) is 17.2. The van der Waals surface area contributed by atoms with Crippen LogP contribution in [0.1, 0.15) is 81.6 Å². The SMILES string of the molecule is CC(C)(C)OC(=O)N[C@H](CO)C(C)(C)C.CC(C)(C)[C@@H](CN1C(=O)C2CCC(C2)C1=O)N=C=O. The Bertz CT molecular complexity index is 762. The van der Waals surface area contributed by atoms with E-state index < -0.39 is 17.7 Å². The van der Waals surface area contributed by atoms with E-state index in [1.165, 1.54) is 4.90 Å². The van der Waals surface area contributed by atoms with E-state index >= 15 is 0 Å². The van der Waals surface area contributed by atoms with Crippen molar-refractivity contribution in [2.24, 2.45) is 27.7 Å². The van der Waals surface area contributed by atoms with Crippen molar-refractivity contribution in [1.82, 2.24) is 10.2 Å². The van der Waals surface area contributed by atoms with Crippen LogP contribution >= 0.6 is 0 Å². The van der Waals surface area contributed by atoms with Crippen molar-refractivity contribution in [3.8, 4) is 0 Å². The highest BCUT2D eigenvalue weighted by molar-refractivity contribution is 6.00. The third-order valence-corrected chi connectivity index (χ3v) is 6.15. The molecule has 2 bridgehead atoms. The molecule has 194 valence electrons. The Kier molecular flexibility index (Phi) is 10.0. The fourth-order valence-corrected chi connectivity index (χ4v) is 3.89. The molecule has 0 spiro atoms. The van der Waals surface area contributed by atoms with E-state index in [0.29, 0.717) is 6.42 Å². The highest BCUT2D eigenvalue weighted by atomic mass is 16.6. The van der Waals surface area contributed by atoms with Crippen LogP contribution in [-0.2, 0) is 19.1 Å². The van der Waals surface area contributed by atoms with Gasteiger partial charge >= 0.3 is 6.09 Å². The fraction of sp³-hybridized carbons (Fsp3) is 0.840. The number of fused-ring (bicyclic) bond motifs is 2. The molecule has 3 amide bonds. The first-order valence-electron chi connectivity index (χ1n) is 11.9. The van der Waals surface area contributed by atoms with Crippen LogP contribution in [0.25, 0.3) is 0 Å². The molecule has 0 aromatic rings. The number of nitrogens with one attached hydrogen (secondary N) is 1. The Morgan fingerprint density at radius 3 is 1.91 bits per heavy atom. The number of hydrogen-bond donors (Lipinski definition) is 2. The number of nitrogens with zero attached hydrogens (tertiary/aromatic N) is 2. The molecule has 0 aromatic heterocycles. The minimum absolute atomic E-state index is 0.0106. The number of rotatable bonds is 5. The summed E-state index contributed by atoms with van der Waals surface area (Å²) in [4.78, 5) is 51.5. The number of carbonyl (C=O) groups excluding carboxylic acids is 4. The molecular weight excluding hydrogens is 438 g/mol. The predicted octanol–water partition coefficient (Wildman–Crippen LogP) is 3.44. The minimum Gasteiger partial charge on any atom is -0.444 e. The Balaban J connectivity index is 0.000000352. The summed E-state index contributed by atoms with van der Waals surface area (Å²) in [7, 11) is 0. The molecule has 1 saturated heterocycles. The molecule has 1 saturated carbocycles. The third kappa shape index (κ3) is 8.84. The quantitative estimate of drug-likeness (QED) is 0.352. The maximum Gasteiger partial charge on any atom is 0.407 e. The molecule has 4 atom stereocenters. The zero-order valence-electron chi connectivity index (χ0n) is 22.2. The van der Waals surface area contributed by atoms with Crippen molar-refractivity contribution in [1.29, 1.82) is 0 Å². The summed E-state index contributed by atoms with van der Waals surface area (Å²) >= 11 is 0. The number of isocyanates is 1.